The van der Waals surface area contributed by atoms with E-state index in [-0.39, 0.29) is 0 Å². The molecule has 2 heterocycles. The van der Waals surface area contributed by atoms with E-state index in [0.717, 1.165) is 35.7 Å². The summed E-state index contributed by atoms with van der Waals surface area (Å²) in [5.74, 6) is -1.92. The topological polar surface area (TPSA) is 78.0 Å². The number of hydrogen-bond donors (Lipinski definition) is 0. The van der Waals surface area contributed by atoms with E-state index in [4.69, 9.17) is 0 Å². The van der Waals surface area contributed by atoms with E-state index < -0.39 is 35.8 Å². The first-order valence-electron chi connectivity index (χ1n) is 11.1. The van der Waals surface area contributed by atoms with Gasteiger partial charge in [-0.25, -0.2) is 0 Å². The van der Waals surface area contributed by atoms with Crippen molar-refractivity contribution in [3.8, 4) is 0 Å². The summed E-state index contributed by atoms with van der Waals surface area (Å²) < 4.78 is 0. The van der Waals surface area contributed by atoms with Gasteiger partial charge in [0.1, 0.15) is 6.17 Å². The molecule has 0 radical (unpaired) electrons. The number of rotatable bonds is 8. The second kappa shape index (κ2) is 8.67. The van der Waals surface area contributed by atoms with E-state index in [1.807, 2.05) is 6.92 Å². The zero-order chi connectivity index (χ0) is 23.0. The molecule has 0 fully saturated rings. The number of benzene rings is 2. The molecule has 32 heavy (non-hydrogen) atoms. The Balaban J connectivity index is 1.82. The van der Waals surface area contributed by atoms with Crippen molar-refractivity contribution in [2.45, 2.75) is 45.8 Å². The number of hydrogen-bond acceptors (Lipinski definition) is 5. The molecule has 0 saturated carbocycles. The van der Waals surface area contributed by atoms with E-state index in [9.17, 15) is 19.2 Å². The maximum absolute atomic E-state index is 13.4. The fourth-order valence-corrected chi connectivity index (χ4v) is 4.73. The van der Waals surface area contributed by atoms with Crippen molar-refractivity contribution in [1.29, 1.82) is 0 Å². The lowest BCUT2D eigenvalue weighted by Crippen LogP contribution is -2.62. The molecule has 2 aromatic rings. The minimum absolute atomic E-state index is 0.295. The van der Waals surface area contributed by atoms with Gasteiger partial charge in [-0.05, 0) is 57.1 Å². The molecule has 1 unspecified atom stereocenters. The Hall–Kier alpha value is -3.32. The number of imide groups is 2. The number of carbonyl (C=O) groups excluding carboxylic acids is 4. The van der Waals surface area contributed by atoms with Crippen LogP contribution < -0.4 is 0 Å². The summed E-state index contributed by atoms with van der Waals surface area (Å²) in [6.07, 6.45) is 0.677. The third kappa shape index (κ3) is 3.33. The average molecular weight is 434 g/mol. The Morgan fingerprint density at radius 1 is 0.656 bits per heavy atom. The molecule has 0 saturated heterocycles. The molecule has 2 aromatic carbocycles. The van der Waals surface area contributed by atoms with Gasteiger partial charge in [-0.15, -0.1) is 0 Å². The Kier molecular flexibility index (Phi) is 5.93. The highest BCUT2D eigenvalue weighted by molar-refractivity contribution is 6.24. The Bertz CT molecular complexity index is 945. The number of carbonyl (C=O) groups is 4. The summed E-state index contributed by atoms with van der Waals surface area (Å²) in [6, 6.07) is 12.8. The van der Waals surface area contributed by atoms with Gasteiger partial charge < -0.3 is 0 Å². The van der Waals surface area contributed by atoms with Crippen LogP contribution in [0.15, 0.2) is 48.5 Å². The van der Waals surface area contributed by atoms with E-state index in [0.29, 0.717) is 22.3 Å². The Morgan fingerprint density at radius 2 is 0.969 bits per heavy atom. The van der Waals surface area contributed by atoms with Crippen LogP contribution in [-0.4, -0.2) is 63.6 Å². The largest absolute Gasteiger partial charge is 0.297 e. The number of fused-ring (bicyclic) bond motifs is 2. The van der Waals surface area contributed by atoms with Gasteiger partial charge in [0.25, 0.3) is 23.6 Å². The van der Waals surface area contributed by atoms with Gasteiger partial charge in [-0.2, -0.15) is 0 Å². The second-order valence-electron chi connectivity index (χ2n) is 8.24. The van der Waals surface area contributed by atoms with Crippen molar-refractivity contribution in [1.82, 2.24) is 14.7 Å². The van der Waals surface area contributed by atoms with Crippen LogP contribution in [0.5, 0.6) is 0 Å². The normalized spacial score (nSPS) is 16.4. The summed E-state index contributed by atoms with van der Waals surface area (Å²) in [7, 11) is 0. The van der Waals surface area contributed by atoms with Gasteiger partial charge >= 0.3 is 0 Å². The first-order chi connectivity index (χ1) is 15.4. The zero-order valence-electron chi connectivity index (χ0n) is 18.6. The molecule has 7 heteroatoms. The van der Waals surface area contributed by atoms with Crippen LogP contribution in [-0.2, 0) is 0 Å². The lowest BCUT2D eigenvalue weighted by atomic mass is 10.1. The summed E-state index contributed by atoms with van der Waals surface area (Å²) in [5, 5.41) is 0. The maximum Gasteiger partial charge on any atom is 0.263 e. The standard InChI is InChI=1S/C25H27N3O4/c1-4-14-26(15-5-2)16(3)21(27-22(29)17-10-6-7-11-18(17)23(27)30)28-24(31)19-12-8-9-13-20(19)25(28)32/h6-13,16,21H,4-5,14-15H2,1-3H3. The molecular formula is C25H27N3O4. The number of amides is 4. The summed E-state index contributed by atoms with van der Waals surface area (Å²) in [5.41, 5.74) is 1.18. The molecule has 7 nitrogen and oxygen atoms in total. The van der Waals surface area contributed by atoms with Crippen molar-refractivity contribution < 1.29 is 19.2 Å². The third-order valence-corrected chi connectivity index (χ3v) is 6.21. The summed E-state index contributed by atoms with van der Waals surface area (Å²) >= 11 is 0. The van der Waals surface area contributed by atoms with Crippen LogP contribution >= 0.6 is 0 Å². The van der Waals surface area contributed by atoms with Crippen molar-refractivity contribution >= 4 is 23.6 Å². The lowest BCUT2D eigenvalue weighted by molar-refractivity contribution is 0.00552. The van der Waals surface area contributed by atoms with Crippen molar-refractivity contribution in [3.63, 3.8) is 0 Å². The molecule has 0 aliphatic carbocycles. The fourth-order valence-electron chi connectivity index (χ4n) is 4.73. The van der Waals surface area contributed by atoms with Crippen molar-refractivity contribution in [2.75, 3.05) is 13.1 Å². The first-order valence-corrected chi connectivity index (χ1v) is 11.1. The number of nitrogens with zero attached hydrogens (tertiary/aromatic N) is 3. The predicted octanol–water partition coefficient (Wildman–Crippen LogP) is 3.42. The quantitative estimate of drug-likeness (QED) is 0.596. The SMILES string of the molecule is CCCN(CCC)C(C)C(N1C(=O)c2ccccc2C1=O)N1C(=O)c2ccccc2C1=O. The van der Waals surface area contributed by atoms with Crippen LogP contribution in [0.25, 0.3) is 0 Å². The summed E-state index contributed by atoms with van der Waals surface area (Å²) in [4.78, 5) is 57.8. The highest BCUT2D eigenvalue weighted by atomic mass is 16.2. The van der Waals surface area contributed by atoms with Crippen LogP contribution in [0, 0.1) is 0 Å². The van der Waals surface area contributed by atoms with E-state index >= 15 is 0 Å². The first kappa shape index (κ1) is 21.9. The molecular weight excluding hydrogens is 406 g/mol. The molecule has 0 N–H and O–H groups in total. The van der Waals surface area contributed by atoms with Gasteiger partial charge in [0, 0.05) is 6.04 Å². The predicted molar refractivity (Wildman–Crippen MR) is 119 cm³/mol. The highest BCUT2D eigenvalue weighted by Crippen LogP contribution is 2.33. The van der Waals surface area contributed by atoms with Crippen molar-refractivity contribution in [3.05, 3.63) is 70.8 Å². The molecule has 0 aromatic heterocycles. The molecule has 0 bridgehead atoms. The Labute approximate surface area is 187 Å². The fraction of sp³-hybridized carbons (Fsp3) is 0.360. The molecule has 2 aliphatic rings. The Morgan fingerprint density at radius 3 is 1.25 bits per heavy atom. The molecule has 2 aliphatic heterocycles. The molecule has 0 spiro atoms. The van der Waals surface area contributed by atoms with Gasteiger partial charge in [-0.1, -0.05) is 38.1 Å². The van der Waals surface area contributed by atoms with Crippen molar-refractivity contribution in [2.24, 2.45) is 0 Å². The smallest absolute Gasteiger partial charge is 0.263 e. The third-order valence-electron chi connectivity index (χ3n) is 6.21. The second-order valence-corrected chi connectivity index (χ2v) is 8.24. The van der Waals surface area contributed by atoms with Crippen LogP contribution in [0.4, 0.5) is 0 Å². The van der Waals surface area contributed by atoms with E-state index in [1.165, 1.54) is 0 Å². The van der Waals surface area contributed by atoms with Crippen LogP contribution in [0.3, 0.4) is 0 Å². The van der Waals surface area contributed by atoms with Gasteiger partial charge in [0.05, 0.1) is 22.3 Å². The zero-order valence-corrected chi connectivity index (χ0v) is 18.6. The maximum atomic E-state index is 13.4. The lowest BCUT2D eigenvalue weighted by Gasteiger charge is -2.41. The average Bonchev–Trinajstić information content (AvgIpc) is 3.20. The molecule has 4 amide bonds. The van der Waals surface area contributed by atoms with Crippen LogP contribution in [0.1, 0.15) is 75.0 Å². The van der Waals surface area contributed by atoms with Gasteiger partial charge in [0.15, 0.2) is 0 Å². The monoisotopic (exact) mass is 433 g/mol. The summed E-state index contributed by atoms with van der Waals surface area (Å²) in [6.45, 7) is 7.42. The van der Waals surface area contributed by atoms with Gasteiger partial charge in [-0.3, -0.25) is 33.9 Å². The molecule has 1 atom stereocenters. The van der Waals surface area contributed by atoms with Crippen LogP contribution in [0.2, 0.25) is 0 Å². The molecule has 166 valence electrons. The molecule has 4 rings (SSSR count). The minimum Gasteiger partial charge on any atom is -0.297 e. The van der Waals surface area contributed by atoms with Gasteiger partial charge in [0.2, 0.25) is 0 Å². The van der Waals surface area contributed by atoms with E-state index in [1.54, 1.807) is 48.5 Å². The minimum atomic E-state index is -1.05. The van der Waals surface area contributed by atoms with E-state index in [2.05, 4.69) is 18.7 Å². The highest BCUT2D eigenvalue weighted by Gasteiger charge is 2.51.